The van der Waals surface area contributed by atoms with E-state index in [2.05, 4.69) is 25.8 Å². The second kappa shape index (κ2) is 6.56. The number of H-pyrrole nitrogens is 1. The molecule has 2 unspecified atom stereocenters. The average molecular weight is 358 g/mol. The van der Waals surface area contributed by atoms with E-state index in [1.165, 1.54) is 12.3 Å². The molecule has 1 aromatic heterocycles. The summed E-state index contributed by atoms with van der Waals surface area (Å²) < 4.78 is 13.0. The van der Waals surface area contributed by atoms with Gasteiger partial charge in [-0.25, -0.2) is 4.79 Å². The van der Waals surface area contributed by atoms with E-state index in [0.717, 1.165) is 4.57 Å². The molecule has 1 fully saturated rings. The van der Waals surface area contributed by atoms with Crippen molar-refractivity contribution in [2.45, 2.75) is 63.4 Å². The van der Waals surface area contributed by atoms with Gasteiger partial charge in [-0.15, -0.1) is 0 Å². The molecule has 1 aliphatic rings. The molecule has 2 heterocycles. The van der Waals surface area contributed by atoms with Crippen molar-refractivity contribution in [2.24, 2.45) is 0 Å². The molecule has 0 amide bonds. The predicted molar refractivity (Wildman–Crippen MR) is 90.4 cm³/mol. The summed E-state index contributed by atoms with van der Waals surface area (Å²) in [6, 6.07) is 1.17. The monoisotopic (exact) mass is 358 g/mol. The highest BCUT2D eigenvalue weighted by molar-refractivity contribution is 6.74. The lowest BCUT2D eigenvalue weighted by atomic mass is 10.1. The first kappa shape index (κ1) is 19.1. The number of hydrogen-bond acceptors (Lipinski definition) is 6. The van der Waals surface area contributed by atoms with Crippen molar-refractivity contribution in [3.63, 3.8) is 0 Å². The molecule has 24 heavy (non-hydrogen) atoms. The van der Waals surface area contributed by atoms with Gasteiger partial charge in [0.1, 0.15) is 18.3 Å². The van der Waals surface area contributed by atoms with Crippen LogP contribution in [0.15, 0.2) is 21.9 Å². The number of rotatable bonds is 4. The van der Waals surface area contributed by atoms with E-state index in [-0.39, 0.29) is 11.6 Å². The zero-order valence-corrected chi connectivity index (χ0v) is 15.6. The van der Waals surface area contributed by atoms with Crippen LogP contribution >= 0.6 is 0 Å². The number of aliphatic hydroxyl groups is 2. The quantitative estimate of drug-likeness (QED) is 0.662. The van der Waals surface area contributed by atoms with Crippen LogP contribution in [-0.4, -0.2) is 53.0 Å². The molecule has 2 rings (SSSR count). The summed E-state index contributed by atoms with van der Waals surface area (Å²) >= 11 is 0. The highest BCUT2D eigenvalue weighted by atomic mass is 28.4. The van der Waals surface area contributed by atoms with Gasteiger partial charge < -0.3 is 19.4 Å². The lowest BCUT2D eigenvalue weighted by Crippen LogP contribution is -2.50. The fraction of sp³-hybridized carbons (Fsp3) is 0.733. The van der Waals surface area contributed by atoms with Gasteiger partial charge in [0.2, 0.25) is 0 Å². The van der Waals surface area contributed by atoms with E-state index < -0.39 is 44.1 Å². The number of hydrogen-bond donors (Lipinski definition) is 3. The predicted octanol–water partition coefficient (Wildman–Crippen LogP) is 0.178. The van der Waals surface area contributed by atoms with Gasteiger partial charge in [-0.05, 0) is 18.1 Å². The molecule has 136 valence electrons. The van der Waals surface area contributed by atoms with Crippen LogP contribution in [0.3, 0.4) is 0 Å². The minimum atomic E-state index is -2.22. The Balaban J connectivity index is 2.31. The summed E-state index contributed by atoms with van der Waals surface area (Å²) in [4.78, 5) is 25.3. The number of aromatic nitrogens is 2. The Morgan fingerprint density at radius 1 is 1.38 bits per heavy atom. The Labute approximate surface area is 141 Å². The normalized spacial score (nSPS) is 28.3. The lowest BCUT2D eigenvalue weighted by Gasteiger charge is -2.39. The van der Waals surface area contributed by atoms with Crippen LogP contribution in [0.5, 0.6) is 0 Å². The molecule has 1 aromatic rings. The maximum Gasteiger partial charge on any atom is 0.330 e. The first-order chi connectivity index (χ1) is 11.0. The molecule has 0 bridgehead atoms. The van der Waals surface area contributed by atoms with Crippen LogP contribution in [0.25, 0.3) is 0 Å². The van der Waals surface area contributed by atoms with E-state index in [4.69, 9.17) is 9.16 Å². The largest absolute Gasteiger partial charge is 0.408 e. The Bertz CT molecular complexity index is 692. The van der Waals surface area contributed by atoms with Crippen LogP contribution in [-0.2, 0) is 9.16 Å². The van der Waals surface area contributed by atoms with Crippen LogP contribution in [0.2, 0.25) is 18.1 Å². The molecular formula is C15H26N2O6Si. The minimum absolute atomic E-state index is 0.0837. The van der Waals surface area contributed by atoms with Crippen molar-refractivity contribution in [3.8, 4) is 0 Å². The van der Waals surface area contributed by atoms with Gasteiger partial charge in [0, 0.05) is 12.3 Å². The Morgan fingerprint density at radius 3 is 2.50 bits per heavy atom. The molecule has 0 aromatic carbocycles. The zero-order valence-electron chi connectivity index (χ0n) is 14.6. The smallest absolute Gasteiger partial charge is 0.330 e. The average Bonchev–Trinajstić information content (AvgIpc) is 2.74. The standard InChI is InChI=1S/C15H26N2O6Si/c1-15(2,3)24(4,5)23-12-9(8-18)22-13(11(12)20)17-7-6-10(19)16-14(17)21/h6-7,9,11-13,18,20H,8H2,1-5H3,(H,16,19,21)/t9-,11?,12?,13-/m0/s1. The number of ether oxygens (including phenoxy) is 1. The summed E-state index contributed by atoms with van der Waals surface area (Å²) in [6.07, 6.45) is -2.41. The number of nitrogens with zero attached hydrogens (tertiary/aromatic N) is 1. The van der Waals surface area contributed by atoms with E-state index >= 15 is 0 Å². The highest BCUT2D eigenvalue weighted by Crippen LogP contribution is 2.40. The highest BCUT2D eigenvalue weighted by Gasteiger charge is 2.50. The van der Waals surface area contributed by atoms with Gasteiger partial charge in [0.15, 0.2) is 14.5 Å². The topological polar surface area (TPSA) is 114 Å². The molecule has 0 saturated carbocycles. The molecular weight excluding hydrogens is 332 g/mol. The number of aromatic amines is 1. The van der Waals surface area contributed by atoms with Crippen molar-refractivity contribution in [1.82, 2.24) is 9.55 Å². The van der Waals surface area contributed by atoms with Gasteiger partial charge in [0.25, 0.3) is 5.56 Å². The fourth-order valence-corrected chi connectivity index (χ4v) is 3.71. The molecule has 9 heteroatoms. The molecule has 1 saturated heterocycles. The lowest BCUT2D eigenvalue weighted by molar-refractivity contribution is -0.0547. The second-order valence-electron chi connectivity index (χ2n) is 7.60. The molecule has 8 nitrogen and oxygen atoms in total. The SMILES string of the molecule is CC(C)(C)[Si](C)(C)OC1C(O)[C@@H](n2ccc(=O)[nH]c2=O)O[C@H]1CO. The van der Waals surface area contributed by atoms with Crippen molar-refractivity contribution in [2.75, 3.05) is 6.61 Å². The summed E-state index contributed by atoms with van der Waals surface area (Å²) in [6.45, 7) is 9.93. The molecule has 1 aliphatic heterocycles. The van der Waals surface area contributed by atoms with Gasteiger partial charge >= 0.3 is 5.69 Å². The zero-order chi connectivity index (χ0) is 18.3. The van der Waals surface area contributed by atoms with E-state index in [0.29, 0.717) is 0 Å². The van der Waals surface area contributed by atoms with Gasteiger partial charge in [-0.3, -0.25) is 14.3 Å². The van der Waals surface area contributed by atoms with Crippen LogP contribution < -0.4 is 11.2 Å². The molecule has 3 N–H and O–H groups in total. The fourth-order valence-electron chi connectivity index (χ4n) is 2.39. The minimum Gasteiger partial charge on any atom is -0.408 e. The third-order valence-corrected chi connectivity index (χ3v) is 9.33. The maximum atomic E-state index is 11.9. The molecule has 0 spiro atoms. The van der Waals surface area contributed by atoms with Gasteiger partial charge in [-0.2, -0.15) is 0 Å². The molecule has 0 radical (unpaired) electrons. The maximum absolute atomic E-state index is 11.9. The van der Waals surface area contributed by atoms with Crippen LogP contribution in [0.4, 0.5) is 0 Å². The van der Waals surface area contributed by atoms with E-state index in [1.54, 1.807) is 0 Å². The first-order valence-electron chi connectivity index (χ1n) is 7.91. The van der Waals surface area contributed by atoms with Crippen molar-refractivity contribution >= 4 is 8.32 Å². The summed E-state index contributed by atoms with van der Waals surface area (Å²) in [5, 5.41) is 20.1. The van der Waals surface area contributed by atoms with Crippen molar-refractivity contribution in [3.05, 3.63) is 33.1 Å². The molecule has 0 aliphatic carbocycles. The summed E-state index contributed by atoms with van der Waals surface area (Å²) in [5.74, 6) is 0. The number of nitrogens with one attached hydrogen (secondary N) is 1. The Kier molecular flexibility index (Phi) is 5.21. The second-order valence-corrected chi connectivity index (χ2v) is 12.4. The Morgan fingerprint density at radius 2 is 2.00 bits per heavy atom. The van der Waals surface area contributed by atoms with Gasteiger partial charge in [-0.1, -0.05) is 20.8 Å². The Hall–Kier alpha value is -1.26. The third-order valence-electron chi connectivity index (χ3n) is 4.85. The van der Waals surface area contributed by atoms with Gasteiger partial charge in [0.05, 0.1) is 6.61 Å². The van der Waals surface area contributed by atoms with Crippen molar-refractivity contribution < 1.29 is 19.4 Å². The molecule has 4 atom stereocenters. The van der Waals surface area contributed by atoms with E-state index in [9.17, 15) is 19.8 Å². The van der Waals surface area contributed by atoms with Crippen molar-refractivity contribution in [1.29, 1.82) is 0 Å². The third kappa shape index (κ3) is 3.54. The summed E-state index contributed by atoms with van der Waals surface area (Å²) in [5.41, 5.74) is -1.22. The number of aliphatic hydroxyl groups excluding tert-OH is 2. The summed E-state index contributed by atoms with van der Waals surface area (Å²) in [7, 11) is -2.22. The first-order valence-corrected chi connectivity index (χ1v) is 10.8. The van der Waals surface area contributed by atoms with Crippen LogP contribution in [0, 0.1) is 0 Å². The van der Waals surface area contributed by atoms with E-state index in [1.807, 2.05) is 13.1 Å². The van der Waals surface area contributed by atoms with Crippen LogP contribution in [0.1, 0.15) is 27.0 Å².